The molecule has 2 rings (SSSR count). The van der Waals surface area contributed by atoms with Gasteiger partial charge in [0.05, 0.1) is 0 Å². The summed E-state index contributed by atoms with van der Waals surface area (Å²) in [6, 6.07) is 8.41. The zero-order valence-electron chi connectivity index (χ0n) is 10.7. The van der Waals surface area contributed by atoms with E-state index in [0.717, 1.165) is 31.8 Å². The Hall–Kier alpha value is -1.06. The van der Waals surface area contributed by atoms with Gasteiger partial charge in [-0.3, -0.25) is 4.90 Å². The summed E-state index contributed by atoms with van der Waals surface area (Å²) in [7, 11) is 2.11. The lowest BCUT2D eigenvalue weighted by Gasteiger charge is -2.36. The Labute approximate surface area is 104 Å². The third-order valence-corrected chi connectivity index (χ3v) is 3.36. The van der Waals surface area contributed by atoms with Gasteiger partial charge in [0.1, 0.15) is 11.9 Å². The fourth-order valence-electron chi connectivity index (χ4n) is 2.22. The number of likely N-dealkylation sites (tertiary alicyclic amines) is 1. The lowest BCUT2D eigenvalue weighted by molar-refractivity contribution is 0.0388. The normalized spacial score (nSPS) is 18.8. The summed E-state index contributed by atoms with van der Waals surface area (Å²) in [6.07, 6.45) is 1.38. The number of benzene rings is 1. The average Bonchev–Trinajstić information content (AvgIpc) is 2.28. The summed E-state index contributed by atoms with van der Waals surface area (Å²) in [5, 5.41) is 0. The molecule has 2 N–H and O–H groups in total. The molecule has 1 atom stereocenters. The van der Waals surface area contributed by atoms with Crippen LogP contribution < -0.4 is 10.5 Å². The molecular weight excluding hydrogens is 212 g/mol. The van der Waals surface area contributed by atoms with E-state index in [-0.39, 0.29) is 0 Å². The fourth-order valence-corrected chi connectivity index (χ4v) is 2.22. The van der Waals surface area contributed by atoms with E-state index in [9.17, 15) is 0 Å². The highest BCUT2D eigenvalue weighted by Crippen LogP contribution is 2.24. The molecule has 1 heterocycles. The van der Waals surface area contributed by atoms with Crippen LogP contribution in [0.2, 0.25) is 0 Å². The second-order valence-corrected chi connectivity index (χ2v) is 5.01. The third kappa shape index (κ3) is 3.20. The van der Waals surface area contributed by atoms with Gasteiger partial charge in [0, 0.05) is 13.1 Å². The van der Waals surface area contributed by atoms with Gasteiger partial charge in [-0.15, -0.1) is 0 Å². The first-order valence-electron chi connectivity index (χ1n) is 6.34. The Bertz CT molecular complexity index is 361. The van der Waals surface area contributed by atoms with Crippen LogP contribution in [0, 0.1) is 0 Å². The zero-order valence-corrected chi connectivity index (χ0v) is 10.7. The van der Waals surface area contributed by atoms with Crippen molar-refractivity contribution in [2.45, 2.75) is 25.4 Å². The number of ether oxygens (including phenoxy) is 1. The number of hydrogen-bond acceptors (Lipinski definition) is 3. The summed E-state index contributed by atoms with van der Waals surface area (Å²) < 4.78 is 5.92. The van der Waals surface area contributed by atoms with Crippen LogP contribution in [-0.2, 0) is 0 Å². The van der Waals surface area contributed by atoms with Crippen LogP contribution in [0.15, 0.2) is 24.3 Å². The van der Waals surface area contributed by atoms with Gasteiger partial charge in [-0.2, -0.15) is 0 Å². The maximum absolute atomic E-state index is 5.92. The van der Waals surface area contributed by atoms with Gasteiger partial charge in [-0.1, -0.05) is 19.1 Å². The van der Waals surface area contributed by atoms with Gasteiger partial charge in [0.2, 0.25) is 0 Å². The van der Waals surface area contributed by atoms with E-state index in [4.69, 9.17) is 10.5 Å². The van der Waals surface area contributed by atoms with E-state index in [1.807, 2.05) is 6.07 Å². The highest BCUT2D eigenvalue weighted by Gasteiger charge is 2.24. The van der Waals surface area contributed by atoms with E-state index >= 15 is 0 Å². The largest absolute Gasteiger partial charge is 0.488 e. The van der Waals surface area contributed by atoms with Crippen LogP contribution in [0.3, 0.4) is 0 Å². The molecule has 94 valence electrons. The summed E-state index contributed by atoms with van der Waals surface area (Å²) in [6.45, 7) is 5.01. The predicted octanol–water partition coefficient (Wildman–Crippen LogP) is 1.83. The average molecular weight is 234 g/mol. The van der Waals surface area contributed by atoms with Gasteiger partial charge in [-0.05, 0) is 43.6 Å². The number of rotatable bonds is 5. The van der Waals surface area contributed by atoms with Crippen molar-refractivity contribution in [3.8, 4) is 5.75 Å². The summed E-state index contributed by atoms with van der Waals surface area (Å²) in [4.78, 5) is 2.26. The zero-order chi connectivity index (χ0) is 12.3. The Balaban J connectivity index is 1.96. The molecular formula is C14H22N2O. The second-order valence-electron chi connectivity index (χ2n) is 5.01. The van der Waals surface area contributed by atoms with E-state index in [1.54, 1.807) is 0 Å². The van der Waals surface area contributed by atoms with Crippen LogP contribution >= 0.6 is 0 Å². The molecule has 1 aromatic carbocycles. The van der Waals surface area contributed by atoms with Crippen LogP contribution in [0.4, 0.5) is 0 Å². The lowest BCUT2D eigenvalue weighted by Crippen LogP contribution is -2.51. The molecule has 1 unspecified atom stereocenters. The van der Waals surface area contributed by atoms with E-state index in [0.29, 0.717) is 12.0 Å². The standard InChI is InChI=1S/C14H22N2O/c1-11(6-7-15)12-4-3-5-13(8-12)17-14-9-16(2)10-14/h3-5,8,11,14H,6-7,9-10,15H2,1-2H3. The minimum Gasteiger partial charge on any atom is -0.488 e. The minimum atomic E-state index is 0.361. The number of nitrogens with two attached hydrogens (primary N) is 1. The molecule has 0 spiro atoms. The summed E-state index contributed by atoms with van der Waals surface area (Å²) in [5.74, 6) is 1.50. The topological polar surface area (TPSA) is 38.5 Å². The lowest BCUT2D eigenvalue weighted by atomic mass is 9.98. The van der Waals surface area contributed by atoms with Crippen LogP contribution in [-0.4, -0.2) is 37.7 Å². The third-order valence-electron chi connectivity index (χ3n) is 3.36. The molecule has 0 saturated carbocycles. The smallest absolute Gasteiger partial charge is 0.124 e. The fraction of sp³-hybridized carbons (Fsp3) is 0.571. The first-order valence-corrected chi connectivity index (χ1v) is 6.34. The maximum Gasteiger partial charge on any atom is 0.124 e. The van der Waals surface area contributed by atoms with Crippen molar-refractivity contribution in [1.82, 2.24) is 4.90 Å². The molecule has 1 saturated heterocycles. The van der Waals surface area contributed by atoms with Crippen molar-refractivity contribution in [3.63, 3.8) is 0 Å². The Morgan fingerprint density at radius 2 is 2.24 bits per heavy atom. The highest BCUT2D eigenvalue weighted by atomic mass is 16.5. The van der Waals surface area contributed by atoms with Gasteiger partial charge in [0.25, 0.3) is 0 Å². The van der Waals surface area contributed by atoms with Crippen molar-refractivity contribution in [3.05, 3.63) is 29.8 Å². The van der Waals surface area contributed by atoms with Crippen molar-refractivity contribution >= 4 is 0 Å². The SMILES string of the molecule is CC(CCN)c1cccc(OC2CN(C)C2)c1. The van der Waals surface area contributed by atoms with E-state index in [1.165, 1.54) is 5.56 Å². The molecule has 3 nitrogen and oxygen atoms in total. The van der Waals surface area contributed by atoms with Crippen LogP contribution in [0.25, 0.3) is 0 Å². The molecule has 0 bridgehead atoms. The Kier molecular flexibility index (Phi) is 4.02. The van der Waals surface area contributed by atoms with Crippen molar-refractivity contribution in [1.29, 1.82) is 0 Å². The van der Waals surface area contributed by atoms with Gasteiger partial charge >= 0.3 is 0 Å². The number of nitrogens with zero attached hydrogens (tertiary/aromatic N) is 1. The second kappa shape index (κ2) is 5.52. The first-order chi connectivity index (χ1) is 8.19. The van der Waals surface area contributed by atoms with Crippen LogP contribution in [0.5, 0.6) is 5.75 Å². The quantitative estimate of drug-likeness (QED) is 0.844. The summed E-state index contributed by atoms with van der Waals surface area (Å²) >= 11 is 0. The summed E-state index contributed by atoms with van der Waals surface area (Å²) in [5.41, 5.74) is 6.91. The molecule has 0 aliphatic carbocycles. The molecule has 0 amide bonds. The van der Waals surface area contributed by atoms with E-state index in [2.05, 4.69) is 37.1 Å². The minimum absolute atomic E-state index is 0.361. The van der Waals surface area contributed by atoms with Crippen molar-refractivity contribution < 1.29 is 4.74 Å². The molecule has 1 aliphatic heterocycles. The molecule has 1 aliphatic rings. The first kappa shape index (κ1) is 12.4. The monoisotopic (exact) mass is 234 g/mol. The molecule has 3 heteroatoms. The molecule has 17 heavy (non-hydrogen) atoms. The van der Waals surface area contributed by atoms with E-state index < -0.39 is 0 Å². The van der Waals surface area contributed by atoms with Crippen molar-refractivity contribution in [2.75, 3.05) is 26.7 Å². The van der Waals surface area contributed by atoms with Gasteiger partial charge in [0.15, 0.2) is 0 Å². The highest BCUT2D eigenvalue weighted by molar-refractivity contribution is 5.31. The number of hydrogen-bond donors (Lipinski definition) is 1. The Morgan fingerprint density at radius 1 is 1.47 bits per heavy atom. The van der Waals surface area contributed by atoms with Gasteiger partial charge in [-0.25, -0.2) is 0 Å². The van der Waals surface area contributed by atoms with Crippen LogP contribution in [0.1, 0.15) is 24.8 Å². The molecule has 0 aromatic heterocycles. The molecule has 0 radical (unpaired) electrons. The molecule has 1 aromatic rings. The van der Waals surface area contributed by atoms with Crippen molar-refractivity contribution in [2.24, 2.45) is 5.73 Å². The number of likely N-dealkylation sites (N-methyl/N-ethyl adjacent to an activating group) is 1. The maximum atomic E-state index is 5.92. The molecule has 1 fully saturated rings. The van der Waals surface area contributed by atoms with Gasteiger partial charge < -0.3 is 10.5 Å². The Morgan fingerprint density at radius 3 is 2.88 bits per heavy atom. The predicted molar refractivity (Wildman–Crippen MR) is 70.4 cm³/mol.